The van der Waals surface area contributed by atoms with E-state index in [2.05, 4.69) is 294 Å². The summed E-state index contributed by atoms with van der Waals surface area (Å²) in [4.78, 5) is 4.92. The Labute approximate surface area is 499 Å². The highest BCUT2D eigenvalue weighted by molar-refractivity contribution is 7.26. The van der Waals surface area contributed by atoms with E-state index in [1.165, 1.54) is 126 Å². The summed E-state index contributed by atoms with van der Waals surface area (Å²) >= 11 is 1.92. The first kappa shape index (κ1) is 48.8. The van der Waals surface area contributed by atoms with Crippen molar-refractivity contribution in [2.24, 2.45) is 0 Å². The van der Waals surface area contributed by atoms with Crippen molar-refractivity contribution in [3.63, 3.8) is 0 Å². The van der Waals surface area contributed by atoms with Gasteiger partial charge in [-0.05, 0) is 171 Å². The SMILES string of the molecule is Cc1ccc(N(c2ccc3c(c2)C(C)(C)c2ccccc2-3)c2ccc3c(c2)C2(c4ccccc4-c4ccccc42)c2c-3c3sc4ccccc4c3c3c2oc2cc(N(c4ccc(C)cc4)c4ccc5c(c4)C(C)(C)c4ccccc4-5)ccc23)cc1. The third-order valence-electron chi connectivity index (χ3n) is 20.0. The molecule has 0 radical (unpaired) electrons. The maximum Gasteiger partial charge on any atom is 0.141 e. The van der Waals surface area contributed by atoms with Crippen LogP contribution in [0.5, 0.6) is 0 Å². The van der Waals surface area contributed by atoms with Crippen LogP contribution >= 0.6 is 11.3 Å². The molecule has 4 aliphatic carbocycles. The van der Waals surface area contributed by atoms with Crippen molar-refractivity contribution in [2.45, 2.75) is 57.8 Å². The quantitative estimate of drug-likeness (QED) is 0.165. The average molecular weight is 1110 g/mol. The molecule has 0 fully saturated rings. The van der Waals surface area contributed by atoms with Crippen molar-refractivity contribution in [2.75, 3.05) is 9.80 Å². The standard InChI is InChI=1S/C81H58N2OS/c1-47-27-31-49(32-28-47)82(51-35-39-59-55-17-7-12-22-64(55)79(3,4)68(59)43-51)53-37-41-61-70(45-53)81(66-24-14-9-19-57(66)58-20-10-15-25-67(58)81)76-75(61)78-74(63-21-11-16-26-72(63)85-78)73-62-42-38-54(46-71(62)84-77(73)76)83(50-33-29-48(2)30-34-50)52-36-40-60-56-18-8-13-23-65(56)80(5,6)69(60)44-52/h7-46H,1-6H3. The second-order valence-corrected chi connectivity index (χ2v) is 26.3. The van der Waals surface area contributed by atoms with Crippen LogP contribution in [0, 0.1) is 13.8 Å². The topological polar surface area (TPSA) is 19.6 Å². The van der Waals surface area contributed by atoms with Crippen molar-refractivity contribution in [3.8, 4) is 44.5 Å². The first-order chi connectivity index (χ1) is 41.5. The van der Waals surface area contributed by atoms with Gasteiger partial charge >= 0.3 is 0 Å². The highest BCUT2D eigenvalue weighted by Crippen LogP contribution is 2.68. The number of hydrogen-bond donors (Lipinski definition) is 0. The fraction of sp³-hybridized carbons (Fsp3) is 0.111. The summed E-state index contributed by atoms with van der Waals surface area (Å²) in [5, 5.41) is 4.79. The Morgan fingerprint density at radius 2 is 0.753 bits per heavy atom. The molecule has 0 saturated heterocycles. The second kappa shape index (κ2) is 17.2. The Bertz CT molecular complexity index is 5180. The average Bonchev–Trinajstić information content (AvgIpc) is 1.50. The molecule has 4 aliphatic rings. The minimum atomic E-state index is -0.740. The predicted molar refractivity (Wildman–Crippen MR) is 357 cm³/mol. The molecule has 2 heterocycles. The van der Waals surface area contributed by atoms with Crippen LogP contribution in [0.2, 0.25) is 0 Å². The third-order valence-corrected chi connectivity index (χ3v) is 21.2. The first-order valence-electron chi connectivity index (χ1n) is 29.9. The van der Waals surface area contributed by atoms with Gasteiger partial charge in [0, 0.05) is 93.1 Å². The van der Waals surface area contributed by atoms with Gasteiger partial charge < -0.3 is 14.2 Å². The molecule has 0 bridgehead atoms. The Morgan fingerprint density at radius 3 is 1.29 bits per heavy atom. The van der Waals surface area contributed by atoms with E-state index < -0.39 is 5.41 Å². The number of fused-ring (bicyclic) bond motifs is 25. The number of hydrogen-bond acceptors (Lipinski definition) is 4. The molecule has 0 amide bonds. The van der Waals surface area contributed by atoms with Crippen molar-refractivity contribution < 1.29 is 4.42 Å². The summed E-state index contributed by atoms with van der Waals surface area (Å²) in [6.07, 6.45) is 0. The van der Waals surface area contributed by atoms with Crippen molar-refractivity contribution >= 4 is 87.6 Å². The number of anilines is 6. The fourth-order valence-electron chi connectivity index (χ4n) is 16.0. The molecule has 0 saturated carbocycles. The molecule has 3 nitrogen and oxygen atoms in total. The number of rotatable bonds is 6. The highest BCUT2D eigenvalue weighted by Gasteiger charge is 2.55. The van der Waals surface area contributed by atoms with E-state index in [-0.39, 0.29) is 10.8 Å². The van der Waals surface area contributed by atoms with E-state index in [0.717, 1.165) is 50.7 Å². The van der Waals surface area contributed by atoms with Gasteiger partial charge in [-0.2, -0.15) is 0 Å². The van der Waals surface area contributed by atoms with Gasteiger partial charge in [0.25, 0.3) is 0 Å². The van der Waals surface area contributed by atoms with Crippen molar-refractivity contribution in [3.05, 3.63) is 298 Å². The highest BCUT2D eigenvalue weighted by atomic mass is 32.1. The maximum atomic E-state index is 7.88. The van der Waals surface area contributed by atoms with Gasteiger partial charge in [0.1, 0.15) is 11.2 Å². The summed E-state index contributed by atoms with van der Waals surface area (Å²) in [5.74, 6) is 0. The van der Waals surface area contributed by atoms with Crippen molar-refractivity contribution in [1.82, 2.24) is 0 Å². The lowest BCUT2D eigenvalue weighted by Crippen LogP contribution is -2.26. The number of furan rings is 1. The predicted octanol–water partition coefficient (Wildman–Crippen LogP) is 22.5. The Balaban J connectivity index is 0.909. The summed E-state index contributed by atoms with van der Waals surface area (Å²) in [6.45, 7) is 13.8. The zero-order valence-electron chi connectivity index (χ0n) is 48.3. The molecule has 0 unspecified atom stereocenters. The molecule has 0 atom stereocenters. The van der Waals surface area contributed by atoms with E-state index in [4.69, 9.17) is 4.42 Å². The van der Waals surface area contributed by atoms with Crippen LogP contribution in [0.1, 0.15) is 83.3 Å². The van der Waals surface area contributed by atoms with Crippen LogP contribution in [0.4, 0.5) is 34.1 Å². The van der Waals surface area contributed by atoms with E-state index in [1.807, 2.05) is 11.3 Å². The number of benzene rings is 12. The number of aryl methyl sites for hydroxylation is 2. The lowest BCUT2D eigenvalue weighted by Gasteiger charge is -2.32. The number of thiophene rings is 1. The first-order valence-corrected chi connectivity index (χ1v) is 30.7. The molecule has 85 heavy (non-hydrogen) atoms. The minimum Gasteiger partial charge on any atom is -0.456 e. The van der Waals surface area contributed by atoms with Gasteiger partial charge in [-0.1, -0.05) is 197 Å². The zero-order chi connectivity index (χ0) is 56.8. The zero-order valence-corrected chi connectivity index (χ0v) is 49.1. The smallest absolute Gasteiger partial charge is 0.141 e. The van der Waals surface area contributed by atoms with Crippen LogP contribution in [0.3, 0.4) is 0 Å². The van der Waals surface area contributed by atoms with Crippen LogP contribution in [0.15, 0.2) is 247 Å². The Hall–Kier alpha value is -9.74. The third kappa shape index (κ3) is 6.45. The fourth-order valence-corrected chi connectivity index (χ4v) is 17.3. The summed E-state index contributed by atoms with van der Waals surface area (Å²) < 4.78 is 10.4. The van der Waals surface area contributed by atoms with E-state index in [1.54, 1.807) is 0 Å². The van der Waals surface area contributed by atoms with E-state index in [9.17, 15) is 0 Å². The summed E-state index contributed by atoms with van der Waals surface area (Å²) in [6, 6.07) is 91.9. The molecule has 18 rings (SSSR count). The molecule has 2 aromatic heterocycles. The van der Waals surface area contributed by atoms with Crippen molar-refractivity contribution in [1.29, 1.82) is 0 Å². The molecule has 1 spiro atoms. The Morgan fingerprint density at radius 1 is 0.341 bits per heavy atom. The number of nitrogens with zero attached hydrogens (tertiary/aromatic N) is 2. The molecule has 0 N–H and O–H groups in total. The molecule has 12 aromatic carbocycles. The summed E-state index contributed by atoms with van der Waals surface area (Å²) in [5.41, 5.74) is 30.6. The van der Waals surface area contributed by atoms with E-state index >= 15 is 0 Å². The van der Waals surface area contributed by atoms with Gasteiger partial charge in [-0.15, -0.1) is 11.3 Å². The summed E-state index contributed by atoms with van der Waals surface area (Å²) in [7, 11) is 0. The van der Waals surface area contributed by atoms with Gasteiger partial charge in [0.05, 0.1) is 5.41 Å². The monoisotopic (exact) mass is 1110 g/mol. The second-order valence-electron chi connectivity index (χ2n) is 25.3. The van der Waals surface area contributed by atoms with Gasteiger partial charge in [0.2, 0.25) is 0 Å². The molecule has 404 valence electrons. The van der Waals surface area contributed by atoms with Crippen LogP contribution in [0.25, 0.3) is 86.6 Å². The van der Waals surface area contributed by atoms with Crippen LogP contribution in [-0.2, 0) is 16.2 Å². The normalized spacial score (nSPS) is 14.8. The molecule has 14 aromatic rings. The largest absolute Gasteiger partial charge is 0.456 e. The molecular formula is C81H58N2OS. The lowest BCUT2D eigenvalue weighted by atomic mass is 9.70. The molecular weight excluding hydrogens is 1050 g/mol. The van der Waals surface area contributed by atoms with Crippen LogP contribution < -0.4 is 9.80 Å². The van der Waals surface area contributed by atoms with E-state index in [0.29, 0.717) is 0 Å². The van der Waals surface area contributed by atoms with Gasteiger partial charge in [-0.3, -0.25) is 0 Å². The van der Waals surface area contributed by atoms with Gasteiger partial charge in [0.15, 0.2) is 0 Å². The lowest BCUT2D eigenvalue weighted by molar-refractivity contribution is 0.653. The van der Waals surface area contributed by atoms with Crippen LogP contribution in [-0.4, -0.2) is 0 Å². The minimum absolute atomic E-state index is 0.157. The molecule has 0 aliphatic heterocycles. The maximum absolute atomic E-state index is 7.88. The Kier molecular flexibility index (Phi) is 9.86. The molecule has 4 heteroatoms. The van der Waals surface area contributed by atoms with Gasteiger partial charge in [-0.25, -0.2) is 0 Å².